The summed E-state index contributed by atoms with van der Waals surface area (Å²) < 4.78 is 118. The molecule has 1 N–H and O–H groups in total. The third-order valence-corrected chi connectivity index (χ3v) is 7.51. The Morgan fingerprint density at radius 2 is 1.34 bits per heavy atom. The number of thioether (sulfide) groups is 1. The molecule has 2 aromatic carbocycles. The predicted octanol–water partition coefficient (Wildman–Crippen LogP) is 4.44. The number of carbonyl (C=O) groups excluding carboxylic acids is 1. The van der Waals surface area contributed by atoms with Gasteiger partial charge in [0.15, 0.2) is 0 Å². The van der Waals surface area contributed by atoms with Crippen LogP contribution in [0, 0.1) is 0 Å². The summed E-state index contributed by atoms with van der Waals surface area (Å²) in [7, 11) is -11.9. The van der Waals surface area contributed by atoms with Crippen molar-refractivity contribution in [3.8, 4) is 5.75 Å². The number of ether oxygens (including phenoxy) is 2. The number of hydrogen-bond acceptors (Lipinski definition) is 8. The van der Waals surface area contributed by atoms with Gasteiger partial charge in [0.25, 0.3) is 0 Å². The second-order valence-electron chi connectivity index (χ2n) is 6.09. The summed E-state index contributed by atoms with van der Waals surface area (Å²) in [4.78, 5) is 12.1. The molecule has 8 nitrogen and oxygen atoms in total. The second kappa shape index (κ2) is 12.5. The lowest BCUT2D eigenvalue weighted by Crippen LogP contribution is -2.45. The number of sulfonamides is 2. The molecule has 0 spiro atoms. The van der Waals surface area contributed by atoms with Crippen LogP contribution in [0.3, 0.4) is 0 Å². The average molecular weight is 570 g/mol. The molecule has 35 heavy (non-hydrogen) atoms. The summed E-state index contributed by atoms with van der Waals surface area (Å²) in [5, 5.41) is 0. The molecule has 0 aromatic heterocycles. The van der Waals surface area contributed by atoms with Crippen LogP contribution in [0.4, 0.5) is 31.1 Å². The molecule has 0 aliphatic heterocycles. The highest BCUT2D eigenvalue weighted by atomic mass is 32.3. The average Bonchev–Trinajstić information content (AvgIpc) is 2.74. The summed E-state index contributed by atoms with van der Waals surface area (Å²) in [6.45, 7) is 0. The number of hydrogen-bond donors (Lipinski definition) is 1. The molecule has 0 saturated heterocycles. The Morgan fingerprint density at radius 1 is 0.857 bits per heavy atom. The van der Waals surface area contributed by atoms with Gasteiger partial charge in [-0.3, -0.25) is 0 Å². The number of nitrogens with one attached hydrogen (secondary N) is 1. The van der Waals surface area contributed by atoms with Crippen molar-refractivity contribution in [3.63, 3.8) is 0 Å². The quantitative estimate of drug-likeness (QED) is 0.225. The molecule has 0 amide bonds. The first-order valence-electron chi connectivity index (χ1n) is 8.92. The van der Waals surface area contributed by atoms with E-state index < -0.39 is 41.3 Å². The summed E-state index contributed by atoms with van der Waals surface area (Å²) in [5.74, 6) is 1.51. The van der Waals surface area contributed by atoms with Crippen molar-refractivity contribution in [1.29, 1.82) is 0 Å². The number of aryl methyl sites for hydroxylation is 1. The fourth-order valence-electron chi connectivity index (χ4n) is 1.91. The minimum Gasteiger partial charge on any atom is -0.437 e. The molecule has 2 rings (SSSR count). The third kappa shape index (κ3) is 10.3. The standard InChI is InChI=1S/C16H16O3S.C2HF6NO4S2/c1-18-16(17)19-14-7-9-15(10-8-14)20-12-11-13-5-3-2-4-6-13;3-1(4,5)14(10,11)9-15(12,13)2(6,7)8/h2-10H,11-12H2,1H3;9H. The molecule has 2 aromatic rings. The molecule has 0 unspecified atom stereocenters. The van der Waals surface area contributed by atoms with Crippen LogP contribution in [-0.2, 0) is 31.2 Å². The van der Waals surface area contributed by atoms with Crippen molar-refractivity contribution in [2.45, 2.75) is 22.3 Å². The van der Waals surface area contributed by atoms with E-state index in [-0.39, 0.29) is 0 Å². The van der Waals surface area contributed by atoms with E-state index in [9.17, 15) is 48.0 Å². The van der Waals surface area contributed by atoms with Gasteiger partial charge in [0.1, 0.15) is 5.75 Å². The zero-order valence-corrected chi connectivity index (χ0v) is 19.9. The van der Waals surface area contributed by atoms with E-state index in [1.807, 2.05) is 18.2 Å². The van der Waals surface area contributed by atoms with Crippen molar-refractivity contribution in [2.24, 2.45) is 0 Å². The maximum atomic E-state index is 11.5. The molecule has 17 heteroatoms. The smallest absolute Gasteiger partial charge is 0.437 e. The van der Waals surface area contributed by atoms with Gasteiger partial charge in [0, 0.05) is 10.6 Å². The van der Waals surface area contributed by atoms with Gasteiger partial charge in [-0.05, 0) is 36.2 Å². The summed E-state index contributed by atoms with van der Waals surface area (Å²) in [6, 6.07) is 17.8. The van der Waals surface area contributed by atoms with Gasteiger partial charge in [-0.2, -0.15) is 26.3 Å². The van der Waals surface area contributed by atoms with Crippen molar-refractivity contribution >= 4 is 38.0 Å². The monoisotopic (exact) mass is 569 g/mol. The van der Waals surface area contributed by atoms with E-state index in [0.29, 0.717) is 5.75 Å². The van der Waals surface area contributed by atoms with Crippen molar-refractivity contribution in [3.05, 3.63) is 60.2 Å². The Hall–Kier alpha value is -2.50. The molecule has 0 aliphatic carbocycles. The highest BCUT2D eigenvalue weighted by molar-refractivity contribution is 8.05. The van der Waals surface area contributed by atoms with Crippen LogP contribution in [0.5, 0.6) is 5.75 Å². The van der Waals surface area contributed by atoms with E-state index >= 15 is 0 Å². The van der Waals surface area contributed by atoms with Gasteiger partial charge in [0.2, 0.25) is 0 Å². The zero-order chi connectivity index (χ0) is 26.9. The molecule has 0 radical (unpaired) electrons. The minimum atomic E-state index is -6.60. The lowest BCUT2D eigenvalue weighted by Gasteiger charge is -2.11. The Labute approximate surface area is 200 Å². The molecule has 0 bridgehead atoms. The topological polar surface area (TPSA) is 116 Å². The molecule has 0 fully saturated rings. The summed E-state index contributed by atoms with van der Waals surface area (Å²) >= 11 is 1.78. The highest BCUT2D eigenvalue weighted by Crippen LogP contribution is 2.27. The Bertz CT molecular complexity index is 1130. The largest absolute Gasteiger partial charge is 0.513 e. The molecular formula is C18H17F6NO7S3. The molecule has 196 valence electrons. The molecule has 0 heterocycles. The lowest BCUT2D eigenvalue weighted by molar-refractivity contribution is -0.0476. The van der Waals surface area contributed by atoms with E-state index in [1.165, 1.54) is 12.7 Å². The van der Waals surface area contributed by atoms with Crippen molar-refractivity contribution < 1.29 is 57.4 Å². The zero-order valence-electron chi connectivity index (χ0n) is 17.5. The summed E-state index contributed by atoms with van der Waals surface area (Å²) in [5.41, 5.74) is -11.0. The summed E-state index contributed by atoms with van der Waals surface area (Å²) in [6.07, 6.45) is 0.334. The first-order chi connectivity index (χ1) is 16.0. The van der Waals surface area contributed by atoms with Crippen LogP contribution in [-0.4, -0.2) is 46.9 Å². The van der Waals surface area contributed by atoms with E-state index in [1.54, 1.807) is 23.9 Å². The first-order valence-corrected chi connectivity index (χ1v) is 12.9. The SMILES string of the molecule is COC(=O)Oc1ccc(SCCc2ccccc2)cc1.O=S(=O)(NS(=O)(=O)C(F)(F)F)C(F)(F)F. The van der Waals surface area contributed by atoms with Gasteiger partial charge in [0.05, 0.1) is 7.11 Å². The highest BCUT2D eigenvalue weighted by Gasteiger charge is 2.55. The van der Waals surface area contributed by atoms with Gasteiger partial charge in [-0.1, -0.05) is 34.5 Å². The molecule has 0 saturated carbocycles. The minimum absolute atomic E-state index is 0.490. The van der Waals surface area contributed by atoms with Crippen molar-refractivity contribution in [2.75, 3.05) is 12.9 Å². The normalized spacial score (nSPS) is 12.3. The molecule has 0 atom stereocenters. The van der Waals surface area contributed by atoms with Crippen LogP contribution >= 0.6 is 11.8 Å². The Kier molecular flexibility index (Phi) is 10.9. The van der Waals surface area contributed by atoms with Crippen LogP contribution in [0.2, 0.25) is 0 Å². The number of halogens is 6. The van der Waals surface area contributed by atoms with Crippen LogP contribution < -0.4 is 8.86 Å². The van der Waals surface area contributed by atoms with E-state index in [2.05, 4.69) is 29.0 Å². The van der Waals surface area contributed by atoms with Gasteiger partial charge in [-0.25, -0.2) is 21.6 Å². The number of alkyl halides is 6. The van der Waals surface area contributed by atoms with Gasteiger partial charge in [-0.15, -0.1) is 11.8 Å². The number of carbonyl (C=O) groups is 1. The number of rotatable bonds is 7. The molecular weight excluding hydrogens is 552 g/mol. The Balaban J connectivity index is 0.000000367. The third-order valence-electron chi connectivity index (χ3n) is 3.52. The maximum absolute atomic E-state index is 11.5. The van der Waals surface area contributed by atoms with Crippen LogP contribution in [0.25, 0.3) is 0 Å². The first kappa shape index (κ1) is 30.5. The van der Waals surface area contributed by atoms with Crippen LogP contribution in [0.1, 0.15) is 5.56 Å². The van der Waals surface area contributed by atoms with Crippen molar-refractivity contribution in [1.82, 2.24) is 4.13 Å². The lowest BCUT2D eigenvalue weighted by atomic mass is 10.2. The molecule has 0 aliphatic rings. The fraction of sp³-hybridized carbons (Fsp3) is 0.278. The number of methoxy groups -OCH3 is 1. The maximum Gasteiger partial charge on any atom is 0.513 e. The number of benzene rings is 2. The van der Waals surface area contributed by atoms with E-state index in [4.69, 9.17) is 4.74 Å². The fourth-order valence-corrected chi connectivity index (χ4v) is 4.73. The predicted molar refractivity (Wildman–Crippen MR) is 113 cm³/mol. The van der Waals surface area contributed by atoms with E-state index in [0.717, 1.165) is 17.1 Å². The van der Waals surface area contributed by atoms with Crippen LogP contribution in [0.15, 0.2) is 59.5 Å². The van der Waals surface area contributed by atoms with Gasteiger partial charge < -0.3 is 9.47 Å². The Morgan fingerprint density at radius 3 is 1.77 bits per heavy atom. The van der Waals surface area contributed by atoms with Gasteiger partial charge >= 0.3 is 37.2 Å². The second-order valence-corrected chi connectivity index (χ2v) is 10.9.